The van der Waals surface area contributed by atoms with E-state index in [1.165, 1.54) is 5.56 Å². The third kappa shape index (κ3) is 4.25. The first-order chi connectivity index (χ1) is 16.1. The van der Waals surface area contributed by atoms with Gasteiger partial charge in [0, 0.05) is 5.69 Å². The molecule has 1 atom stereocenters. The van der Waals surface area contributed by atoms with Crippen molar-refractivity contribution in [2.45, 2.75) is 19.9 Å². The number of fused-ring (bicyclic) bond motifs is 1. The van der Waals surface area contributed by atoms with E-state index in [-0.39, 0.29) is 18.5 Å². The number of hydrogen-bond acceptors (Lipinski definition) is 5. The largest absolute Gasteiger partial charge is 0.325 e. The Morgan fingerprint density at radius 3 is 2.27 bits per heavy atom. The standard InChI is InChI=1S/C26H24N6O/c1-18-8-12-21(13-9-18)23-16-24(20-6-4-3-5-7-20)32-26(28-29-30-32)31(23)17-25(33)27-22-14-10-19(2)11-15-22/h3-16,24H,17H2,1-2H3,(H,27,33)/t24-/m0/s1. The predicted molar refractivity (Wildman–Crippen MR) is 129 cm³/mol. The second-order valence-electron chi connectivity index (χ2n) is 8.20. The summed E-state index contributed by atoms with van der Waals surface area (Å²) in [4.78, 5) is 14.9. The molecule has 1 amide bonds. The van der Waals surface area contributed by atoms with E-state index in [0.29, 0.717) is 5.95 Å². The molecular weight excluding hydrogens is 412 g/mol. The van der Waals surface area contributed by atoms with Gasteiger partial charge >= 0.3 is 0 Å². The number of aromatic nitrogens is 4. The smallest absolute Gasteiger partial charge is 0.251 e. The number of tetrazole rings is 1. The molecule has 0 unspecified atom stereocenters. The van der Waals surface area contributed by atoms with Gasteiger partial charge in [0.1, 0.15) is 12.6 Å². The van der Waals surface area contributed by atoms with E-state index < -0.39 is 0 Å². The normalized spacial score (nSPS) is 15.0. The molecule has 164 valence electrons. The molecular formula is C26H24N6O. The molecule has 7 heteroatoms. The van der Waals surface area contributed by atoms with Crippen molar-refractivity contribution < 1.29 is 4.79 Å². The van der Waals surface area contributed by atoms with Gasteiger partial charge in [-0.3, -0.25) is 9.69 Å². The molecule has 0 bridgehead atoms. The maximum Gasteiger partial charge on any atom is 0.251 e. The van der Waals surface area contributed by atoms with Gasteiger partial charge in [0.25, 0.3) is 5.95 Å². The van der Waals surface area contributed by atoms with Crippen molar-refractivity contribution in [3.05, 3.63) is 107 Å². The van der Waals surface area contributed by atoms with Crippen molar-refractivity contribution in [3.63, 3.8) is 0 Å². The minimum atomic E-state index is -0.177. The predicted octanol–water partition coefficient (Wildman–Crippen LogP) is 4.38. The highest BCUT2D eigenvalue weighted by Crippen LogP contribution is 2.36. The Bertz CT molecular complexity index is 1290. The zero-order valence-electron chi connectivity index (χ0n) is 18.5. The van der Waals surface area contributed by atoms with Crippen LogP contribution in [-0.4, -0.2) is 32.7 Å². The van der Waals surface area contributed by atoms with Crippen LogP contribution in [0.3, 0.4) is 0 Å². The number of benzene rings is 3. The van der Waals surface area contributed by atoms with E-state index in [1.807, 2.05) is 54.3 Å². The van der Waals surface area contributed by atoms with E-state index in [4.69, 9.17) is 0 Å². The summed E-state index contributed by atoms with van der Waals surface area (Å²) in [6.45, 7) is 4.15. The Morgan fingerprint density at radius 1 is 0.909 bits per heavy atom. The summed E-state index contributed by atoms with van der Waals surface area (Å²) in [6, 6.07) is 25.9. The molecule has 1 aromatic heterocycles. The molecule has 7 nitrogen and oxygen atoms in total. The van der Waals surface area contributed by atoms with Crippen LogP contribution < -0.4 is 10.2 Å². The fraction of sp³-hybridized carbons (Fsp3) is 0.154. The highest BCUT2D eigenvalue weighted by Gasteiger charge is 2.31. The third-order valence-corrected chi connectivity index (χ3v) is 5.71. The Balaban J connectivity index is 1.52. The number of aryl methyl sites for hydroxylation is 2. The Morgan fingerprint density at radius 2 is 1.58 bits per heavy atom. The molecule has 0 spiro atoms. The second kappa shape index (κ2) is 8.70. The van der Waals surface area contributed by atoms with Gasteiger partial charge in [-0.05, 0) is 53.6 Å². The van der Waals surface area contributed by atoms with E-state index in [0.717, 1.165) is 28.1 Å². The van der Waals surface area contributed by atoms with Gasteiger partial charge in [-0.25, -0.2) is 0 Å². The number of carbonyl (C=O) groups excluding carboxylic acids is 1. The fourth-order valence-electron chi connectivity index (χ4n) is 3.97. The summed E-state index contributed by atoms with van der Waals surface area (Å²) in [5.74, 6) is 0.380. The minimum Gasteiger partial charge on any atom is -0.325 e. The lowest BCUT2D eigenvalue weighted by atomic mass is 10.00. The van der Waals surface area contributed by atoms with Crippen LogP contribution in [0.1, 0.15) is 28.3 Å². The van der Waals surface area contributed by atoms with Gasteiger partial charge in [-0.1, -0.05) is 83.0 Å². The lowest BCUT2D eigenvalue weighted by Crippen LogP contribution is -2.37. The van der Waals surface area contributed by atoms with Crippen molar-refractivity contribution in [2.75, 3.05) is 16.8 Å². The van der Waals surface area contributed by atoms with Gasteiger partial charge in [-0.2, -0.15) is 4.68 Å². The van der Waals surface area contributed by atoms with Crippen molar-refractivity contribution in [1.29, 1.82) is 0 Å². The topological polar surface area (TPSA) is 75.9 Å². The number of carbonyl (C=O) groups is 1. The molecule has 0 aliphatic carbocycles. The highest BCUT2D eigenvalue weighted by molar-refractivity contribution is 5.97. The molecule has 1 aliphatic heterocycles. The summed E-state index contributed by atoms with van der Waals surface area (Å²) >= 11 is 0. The van der Waals surface area contributed by atoms with Crippen LogP contribution >= 0.6 is 0 Å². The summed E-state index contributed by atoms with van der Waals surface area (Å²) in [7, 11) is 0. The monoisotopic (exact) mass is 436 g/mol. The van der Waals surface area contributed by atoms with Crippen LogP contribution in [-0.2, 0) is 4.79 Å². The molecule has 33 heavy (non-hydrogen) atoms. The van der Waals surface area contributed by atoms with Crippen LogP contribution in [0.25, 0.3) is 5.70 Å². The second-order valence-corrected chi connectivity index (χ2v) is 8.20. The molecule has 1 N–H and O–H groups in total. The maximum atomic E-state index is 13.0. The first kappa shape index (κ1) is 20.6. The first-order valence-electron chi connectivity index (χ1n) is 10.8. The molecule has 2 heterocycles. The van der Waals surface area contributed by atoms with E-state index in [1.54, 1.807) is 4.68 Å². The summed E-state index contributed by atoms with van der Waals surface area (Å²) in [5.41, 5.74) is 6.02. The van der Waals surface area contributed by atoms with Crippen molar-refractivity contribution in [1.82, 2.24) is 20.2 Å². The number of hydrogen-bond donors (Lipinski definition) is 1. The van der Waals surface area contributed by atoms with Crippen LogP contribution in [0.5, 0.6) is 0 Å². The fourth-order valence-corrected chi connectivity index (χ4v) is 3.97. The quantitative estimate of drug-likeness (QED) is 0.503. The summed E-state index contributed by atoms with van der Waals surface area (Å²) < 4.78 is 1.76. The molecule has 0 saturated heterocycles. The van der Waals surface area contributed by atoms with Crippen LogP contribution in [0.2, 0.25) is 0 Å². The average molecular weight is 437 g/mol. The Labute approximate surface area is 192 Å². The summed E-state index contributed by atoms with van der Waals surface area (Å²) in [5, 5.41) is 15.4. The average Bonchev–Trinajstić information content (AvgIpc) is 3.32. The first-order valence-corrected chi connectivity index (χ1v) is 10.8. The minimum absolute atomic E-state index is 0.0788. The molecule has 0 fully saturated rings. The lowest BCUT2D eigenvalue weighted by molar-refractivity contribution is -0.114. The van der Waals surface area contributed by atoms with E-state index in [9.17, 15) is 4.79 Å². The summed E-state index contributed by atoms with van der Waals surface area (Å²) in [6.07, 6.45) is 2.11. The third-order valence-electron chi connectivity index (χ3n) is 5.71. The van der Waals surface area contributed by atoms with Crippen molar-refractivity contribution in [2.24, 2.45) is 0 Å². The van der Waals surface area contributed by atoms with Crippen LogP contribution in [0.4, 0.5) is 11.6 Å². The lowest BCUT2D eigenvalue weighted by Gasteiger charge is -2.32. The van der Waals surface area contributed by atoms with Crippen molar-refractivity contribution in [3.8, 4) is 0 Å². The number of allylic oxidation sites excluding steroid dienone is 1. The molecule has 4 aromatic rings. The van der Waals surface area contributed by atoms with Crippen LogP contribution in [0.15, 0.2) is 84.9 Å². The molecule has 0 radical (unpaired) electrons. The number of rotatable bonds is 5. The Kier molecular flexibility index (Phi) is 5.44. The Hall–Kier alpha value is -4.26. The SMILES string of the molecule is Cc1ccc(NC(=O)CN2C(c3ccc(C)cc3)=C[C@@H](c3ccccc3)n3nnnc32)cc1. The molecule has 0 saturated carbocycles. The number of nitrogens with zero attached hydrogens (tertiary/aromatic N) is 5. The van der Waals surface area contributed by atoms with Crippen LogP contribution in [0, 0.1) is 13.8 Å². The molecule has 3 aromatic carbocycles. The van der Waals surface area contributed by atoms with E-state index in [2.05, 4.69) is 70.2 Å². The molecule has 5 rings (SSSR count). The van der Waals surface area contributed by atoms with E-state index >= 15 is 0 Å². The number of amides is 1. The highest BCUT2D eigenvalue weighted by atomic mass is 16.2. The van der Waals surface area contributed by atoms with Gasteiger partial charge in [-0.15, -0.1) is 0 Å². The van der Waals surface area contributed by atoms with Gasteiger partial charge in [0.05, 0.1) is 5.70 Å². The van der Waals surface area contributed by atoms with Crippen molar-refractivity contribution >= 4 is 23.2 Å². The zero-order chi connectivity index (χ0) is 22.8. The maximum absolute atomic E-state index is 13.0. The molecule has 1 aliphatic rings. The van der Waals surface area contributed by atoms with Gasteiger partial charge in [0.15, 0.2) is 0 Å². The number of anilines is 2. The van der Waals surface area contributed by atoms with Gasteiger partial charge in [0.2, 0.25) is 5.91 Å². The number of nitrogens with one attached hydrogen (secondary N) is 1. The van der Waals surface area contributed by atoms with Gasteiger partial charge < -0.3 is 5.32 Å². The zero-order valence-corrected chi connectivity index (χ0v) is 18.5.